The van der Waals surface area contributed by atoms with Crippen molar-refractivity contribution in [1.29, 1.82) is 0 Å². The van der Waals surface area contributed by atoms with E-state index < -0.39 is 11.6 Å². The Bertz CT molecular complexity index is 637. The molecule has 16 heavy (non-hydrogen) atoms. The number of carboxylic acid groups (broad SMARTS) is 1. The van der Waals surface area contributed by atoms with E-state index in [0.29, 0.717) is 16.5 Å². The zero-order chi connectivity index (χ0) is 11.9. The van der Waals surface area contributed by atoms with Gasteiger partial charge in [0.05, 0.1) is 0 Å². The lowest BCUT2D eigenvalue weighted by molar-refractivity contribution is 0.0691. The van der Waals surface area contributed by atoms with Gasteiger partial charge < -0.3 is 9.52 Å². The van der Waals surface area contributed by atoms with Gasteiger partial charge in [0.15, 0.2) is 0 Å². The van der Waals surface area contributed by atoms with Gasteiger partial charge in [-0.15, -0.1) is 0 Å². The van der Waals surface area contributed by atoms with E-state index in [-0.39, 0.29) is 5.56 Å². The molecule has 0 saturated carbocycles. The molecule has 4 heteroatoms. The monoisotopic (exact) mass is 218 g/mol. The molecule has 0 bridgehead atoms. The summed E-state index contributed by atoms with van der Waals surface area (Å²) in [5, 5.41) is 9.58. The summed E-state index contributed by atoms with van der Waals surface area (Å²) >= 11 is 0. The highest BCUT2D eigenvalue weighted by molar-refractivity contribution is 5.94. The predicted octanol–water partition coefficient (Wildman–Crippen LogP) is 2.11. The fourth-order valence-corrected chi connectivity index (χ4v) is 1.71. The van der Waals surface area contributed by atoms with Crippen molar-refractivity contribution in [2.24, 2.45) is 0 Å². The Labute approximate surface area is 91.1 Å². The molecule has 0 fully saturated rings. The summed E-state index contributed by atoms with van der Waals surface area (Å²) in [5.41, 5.74) is 0.751. The summed E-state index contributed by atoms with van der Waals surface area (Å²) in [6, 6.07) is 5.29. The standard InChI is InChI=1S/C12H10O4/c1-6-3-4-9-8(5-6)7(2)10(11(13)14)12(15)16-9/h3-5H,1-2H3,(H,13,14). The molecule has 0 aliphatic rings. The quantitative estimate of drug-likeness (QED) is 0.744. The third-order valence-corrected chi connectivity index (χ3v) is 2.53. The van der Waals surface area contributed by atoms with Crippen molar-refractivity contribution < 1.29 is 14.3 Å². The van der Waals surface area contributed by atoms with E-state index in [4.69, 9.17) is 9.52 Å². The number of carbonyl (C=O) groups is 1. The maximum Gasteiger partial charge on any atom is 0.351 e. The Morgan fingerprint density at radius 1 is 1.31 bits per heavy atom. The minimum Gasteiger partial charge on any atom is -0.477 e. The highest BCUT2D eigenvalue weighted by Gasteiger charge is 2.17. The molecule has 0 radical (unpaired) electrons. The van der Waals surface area contributed by atoms with Crippen molar-refractivity contribution in [3.8, 4) is 0 Å². The normalized spacial score (nSPS) is 10.6. The maximum atomic E-state index is 11.4. The van der Waals surface area contributed by atoms with Crippen LogP contribution in [0.15, 0.2) is 27.4 Å². The molecule has 0 amide bonds. The van der Waals surface area contributed by atoms with Crippen LogP contribution in [0, 0.1) is 13.8 Å². The van der Waals surface area contributed by atoms with E-state index in [2.05, 4.69) is 0 Å². The van der Waals surface area contributed by atoms with Gasteiger partial charge in [-0.05, 0) is 31.5 Å². The van der Waals surface area contributed by atoms with Gasteiger partial charge in [0.25, 0.3) is 0 Å². The molecule has 0 aliphatic heterocycles. The largest absolute Gasteiger partial charge is 0.477 e. The topological polar surface area (TPSA) is 67.5 Å². The number of hydrogen-bond donors (Lipinski definition) is 1. The maximum absolute atomic E-state index is 11.4. The van der Waals surface area contributed by atoms with E-state index in [9.17, 15) is 9.59 Å². The molecule has 82 valence electrons. The smallest absolute Gasteiger partial charge is 0.351 e. The first kappa shape index (κ1) is 10.4. The lowest BCUT2D eigenvalue weighted by Gasteiger charge is -2.04. The minimum absolute atomic E-state index is 0.293. The van der Waals surface area contributed by atoms with Crippen LogP contribution in [-0.2, 0) is 0 Å². The fraction of sp³-hybridized carbons (Fsp3) is 0.167. The molecule has 0 unspecified atom stereocenters. The van der Waals surface area contributed by atoms with Crippen LogP contribution in [0.4, 0.5) is 0 Å². The van der Waals surface area contributed by atoms with Crippen molar-refractivity contribution in [3.63, 3.8) is 0 Å². The number of fused-ring (bicyclic) bond motifs is 1. The first-order chi connectivity index (χ1) is 7.50. The van der Waals surface area contributed by atoms with E-state index >= 15 is 0 Å². The van der Waals surface area contributed by atoms with Gasteiger partial charge in [-0.25, -0.2) is 9.59 Å². The first-order valence-corrected chi connectivity index (χ1v) is 4.78. The van der Waals surface area contributed by atoms with Crippen molar-refractivity contribution in [2.75, 3.05) is 0 Å². The van der Waals surface area contributed by atoms with Crippen molar-refractivity contribution in [3.05, 3.63) is 45.3 Å². The predicted molar refractivity (Wildman–Crippen MR) is 58.9 cm³/mol. The van der Waals surface area contributed by atoms with Crippen LogP contribution < -0.4 is 5.63 Å². The molecule has 1 heterocycles. The van der Waals surface area contributed by atoms with Gasteiger partial charge in [-0.1, -0.05) is 11.6 Å². The second kappa shape index (κ2) is 3.48. The minimum atomic E-state index is -1.25. The molecule has 0 spiro atoms. The van der Waals surface area contributed by atoms with E-state index in [0.717, 1.165) is 5.56 Å². The zero-order valence-electron chi connectivity index (χ0n) is 8.90. The third kappa shape index (κ3) is 1.48. The van der Waals surface area contributed by atoms with Crippen molar-refractivity contribution >= 4 is 16.9 Å². The fourth-order valence-electron chi connectivity index (χ4n) is 1.71. The number of carboxylic acids is 1. The molecule has 0 saturated heterocycles. The van der Waals surface area contributed by atoms with E-state index in [1.807, 2.05) is 13.0 Å². The average molecular weight is 218 g/mol. The van der Waals surface area contributed by atoms with E-state index in [1.54, 1.807) is 19.1 Å². The molecule has 1 N–H and O–H groups in total. The van der Waals surface area contributed by atoms with Crippen molar-refractivity contribution in [2.45, 2.75) is 13.8 Å². The molecular formula is C12H10O4. The second-order valence-electron chi connectivity index (χ2n) is 3.69. The van der Waals surface area contributed by atoms with Gasteiger partial charge in [-0.3, -0.25) is 0 Å². The SMILES string of the molecule is Cc1ccc2oc(=O)c(C(=O)O)c(C)c2c1. The molecule has 2 aromatic rings. The summed E-state index contributed by atoms with van der Waals surface area (Å²) in [7, 11) is 0. The summed E-state index contributed by atoms with van der Waals surface area (Å²) < 4.78 is 4.95. The second-order valence-corrected chi connectivity index (χ2v) is 3.69. The van der Waals surface area contributed by atoms with Crippen LogP contribution in [0.1, 0.15) is 21.5 Å². The summed E-state index contributed by atoms with van der Waals surface area (Å²) in [4.78, 5) is 22.3. The average Bonchev–Trinajstić information content (AvgIpc) is 2.19. The van der Waals surface area contributed by atoms with Crippen LogP contribution >= 0.6 is 0 Å². The molecule has 4 nitrogen and oxygen atoms in total. The Hall–Kier alpha value is -2.10. The summed E-state index contributed by atoms with van der Waals surface area (Å²) in [5.74, 6) is -1.25. The molecule has 2 rings (SSSR count). The van der Waals surface area contributed by atoms with Crippen LogP contribution in [-0.4, -0.2) is 11.1 Å². The van der Waals surface area contributed by atoms with Crippen LogP contribution in [0.25, 0.3) is 11.0 Å². The molecule has 0 aliphatic carbocycles. The number of hydrogen-bond acceptors (Lipinski definition) is 3. The lowest BCUT2D eigenvalue weighted by atomic mass is 10.0. The Balaban J connectivity index is 2.96. The summed E-state index contributed by atoms with van der Waals surface area (Å²) in [6.07, 6.45) is 0. The molecule has 1 aromatic carbocycles. The Morgan fingerprint density at radius 3 is 2.62 bits per heavy atom. The van der Waals surface area contributed by atoms with E-state index in [1.165, 1.54) is 0 Å². The number of aryl methyl sites for hydroxylation is 2. The Kier molecular flexibility index (Phi) is 2.27. The highest BCUT2D eigenvalue weighted by atomic mass is 16.4. The van der Waals surface area contributed by atoms with Gasteiger partial charge in [0.2, 0.25) is 0 Å². The van der Waals surface area contributed by atoms with Gasteiger partial charge in [0.1, 0.15) is 11.1 Å². The summed E-state index contributed by atoms with van der Waals surface area (Å²) in [6.45, 7) is 3.51. The van der Waals surface area contributed by atoms with Crippen molar-refractivity contribution in [1.82, 2.24) is 0 Å². The number of aromatic carboxylic acids is 1. The van der Waals surface area contributed by atoms with Gasteiger partial charge >= 0.3 is 11.6 Å². The number of rotatable bonds is 1. The molecule has 1 aromatic heterocycles. The van der Waals surface area contributed by atoms with Gasteiger partial charge in [-0.2, -0.15) is 0 Å². The van der Waals surface area contributed by atoms with Gasteiger partial charge in [0, 0.05) is 5.39 Å². The third-order valence-electron chi connectivity index (χ3n) is 2.53. The highest BCUT2D eigenvalue weighted by Crippen LogP contribution is 2.20. The lowest BCUT2D eigenvalue weighted by Crippen LogP contribution is -2.15. The molecule has 0 atom stereocenters. The van der Waals surface area contributed by atoms with Crippen LogP contribution in [0.5, 0.6) is 0 Å². The Morgan fingerprint density at radius 2 is 2.00 bits per heavy atom. The van der Waals surface area contributed by atoms with Crippen LogP contribution in [0.2, 0.25) is 0 Å². The van der Waals surface area contributed by atoms with Crippen LogP contribution in [0.3, 0.4) is 0 Å². The number of benzene rings is 1. The first-order valence-electron chi connectivity index (χ1n) is 4.78. The zero-order valence-corrected chi connectivity index (χ0v) is 8.90. The molecular weight excluding hydrogens is 208 g/mol.